The quantitative estimate of drug-likeness (QED) is 0.220. The van der Waals surface area contributed by atoms with E-state index in [0.29, 0.717) is 6.42 Å². The van der Waals surface area contributed by atoms with Gasteiger partial charge in [0.1, 0.15) is 0 Å². The summed E-state index contributed by atoms with van der Waals surface area (Å²) >= 11 is 0. The van der Waals surface area contributed by atoms with Gasteiger partial charge in [0.15, 0.2) is 0 Å². The Morgan fingerprint density at radius 1 is 0.842 bits per heavy atom. The largest absolute Gasteiger partial charge is 1.00 e. The normalized spacial score (nSPS) is 10.6. The van der Waals surface area contributed by atoms with Crippen molar-refractivity contribution in [2.75, 3.05) is 6.61 Å². The van der Waals surface area contributed by atoms with E-state index in [0.717, 1.165) is 12.8 Å². The fourth-order valence-corrected chi connectivity index (χ4v) is 2.07. The Morgan fingerprint density at radius 3 is 1.58 bits per heavy atom. The zero-order valence-electron chi connectivity index (χ0n) is 12.5. The molecule has 0 aliphatic heterocycles. The van der Waals surface area contributed by atoms with Crippen LogP contribution in [0.2, 0.25) is 0 Å². The molecule has 0 aromatic rings. The molecular formula is C12H25NaO4SZn. The maximum absolute atomic E-state index is 10.1. The van der Waals surface area contributed by atoms with Crippen LogP contribution < -0.4 is 29.6 Å². The van der Waals surface area contributed by atoms with Crippen LogP contribution in [0.15, 0.2) is 0 Å². The molecule has 0 N–H and O–H groups in total. The van der Waals surface area contributed by atoms with Crippen molar-refractivity contribution in [2.24, 2.45) is 0 Å². The molecule has 0 fully saturated rings. The maximum Gasteiger partial charge on any atom is 1.00 e. The van der Waals surface area contributed by atoms with Crippen LogP contribution in [0.1, 0.15) is 71.1 Å². The summed E-state index contributed by atoms with van der Waals surface area (Å²) < 4.78 is 34.5. The Hall–Kier alpha value is 1.49. The molecule has 106 valence electrons. The minimum atomic E-state index is -4.48. The van der Waals surface area contributed by atoms with E-state index in [1.807, 2.05) is 0 Å². The van der Waals surface area contributed by atoms with Gasteiger partial charge >= 0.3 is 29.6 Å². The maximum atomic E-state index is 10.1. The van der Waals surface area contributed by atoms with E-state index >= 15 is 0 Å². The summed E-state index contributed by atoms with van der Waals surface area (Å²) in [6.45, 7) is 2.24. The van der Waals surface area contributed by atoms with Crippen LogP contribution >= 0.6 is 0 Å². The first-order chi connectivity index (χ1) is 8.06. The number of unbranched alkanes of at least 4 members (excludes halogenated alkanes) is 9. The Labute approximate surface area is 153 Å². The Morgan fingerprint density at radius 2 is 1.21 bits per heavy atom. The third kappa shape index (κ3) is 24.9. The molecule has 0 aliphatic rings. The molecule has 0 aromatic heterocycles. The van der Waals surface area contributed by atoms with E-state index in [9.17, 15) is 13.0 Å². The third-order valence-corrected chi connectivity index (χ3v) is 3.18. The van der Waals surface area contributed by atoms with Crippen molar-refractivity contribution >= 4 is 10.4 Å². The summed E-state index contributed by atoms with van der Waals surface area (Å²) in [6, 6.07) is 0. The van der Waals surface area contributed by atoms with Crippen molar-refractivity contribution in [3.63, 3.8) is 0 Å². The fourth-order valence-electron chi connectivity index (χ4n) is 1.75. The van der Waals surface area contributed by atoms with E-state index in [4.69, 9.17) is 0 Å². The van der Waals surface area contributed by atoms with Crippen molar-refractivity contribution in [1.82, 2.24) is 0 Å². The molecule has 0 saturated heterocycles. The van der Waals surface area contributed by atoms with Gasteiger partial charge in [-0.05, 0) is 6.42 Å². The first-order valence-electron chi connectivity index (χ1n) is 6.66. The molecule has 0 saturated carbocycles. The number of hydrogen-bond acceptors (Lipinski definition) is 4. The van der Waals surface area contributed by atoms with Gasteiger partial charge in [-0.25, -0.2) is 8.42 Å². The van der Waals surface area contributed by atoms with Crippen LogP contribution in [0.25, 0.3) is 0 Å². The van der Waals surface area contributed by atoms with Crippen molar-refractivity contribution in [1.29, 1.82) is 0 Å². The Balaban J connectivity index is -0.00000128. The van der Waals surface area contributed by atoms with Gasteiger partial charge in [0.2, 0.25) is 10.4 Å². The van der Waals surface area contributed by atoms with Crippen molar-refractivity contribution in [3.05, 3.63) is 0 Å². The summed E-state index contributed by atoms with van der Waals surface area (Å²) in [5.41, 5.74) is 0. The third-order valence-electron chi connectivity index (χ3n) is 2.73. The summed E-state index contributed by atoms with van der Waals surface area (Å²) in [5, 5.41) is 0. The average Bonchev–Trinajstić information content (AvgIpc) is 2.24. The molecule has 0 aliphatic carbocycles. The Bertz CT molecular complexity index is 260. The van der Waals surface area contributed by atoms with E-state index in [1.54, 1.807) is 0 Å². The average molecular weight is 354 g/mol. The zero-order chi connectivity index (χ0) is 13.0. The van der Waals surface area contributed by atoms with E-state index < -0.39 is 10.4 Å². The molecule has 0 unspecified atom stereocenters. The molecule has 7 heteroatoms. The van der Waals surface area contributed by atoms with E-state index in [2.05, 4.69) is 11.1 Å². The fraction of sp³-hybridized carbons (Fsp3) is 1.00. The van der Waals surface area contributed by atoms with Gasteiger partial charge < -0.3 is 4.55 Å². The van der Waals surface area contributed by atoms with Crippen molar-refractivity contribution in [2.45, 2.75) is 71.1 Å². The molecule has 0 aromatic carbocycles. The summed E-state index contributed by atoms with van der Waals surface area (Å²) in [4.78, 5) is 0. The summed E-state index contributed by atoms with van der Waals surface area (Å²) in [6.07, 6.45) is 11.7. The van der Waals surface area contributed by atoms with E-state index in [1.165, 1.54) is 44.9 Å². The van der Waals surface area contributed by atoms with Gasteiger partial charge in [0.25, 0.3) is 0 Å². The molecule has 19 heavy (non-hydrogen) atoms. The second-order valence-corrected chi connectivity index (χ2v) is 5.46. The van der Waals surface area contributed by atoms with Crippen LogP contribution in [0.4, 0.5) is 0 Å². The first-order valence-corrected chi connectivity index (χ1v) is 8.00. The van der Waals surface area contributed by atoms with Gasteiger partial charge in [0.05, 0.1) is 6.61 Å². The van der Waals surface area contributed by atoms with Crippen LogP contribution in [0.3, 0.4) is 0 Å². The second-order valence-electron chi connectivity index (χ2n) is 4.41. The smallest absolute Gasteiger partial charge is 0.726 e. The molecular weight excluding hydrogens is 329 g/mol. The standard InChI is InChI=1S/C12H26O4S.Na.Zn/c1-2-3-4-5-6-7-8-9-10-11-12-16-17(13,14)15;;/h2-12H2,1H3,(H,13,14,15);;/q;+1;/p-1. The van der Waals surface area contributed by atoms with Crippen molar-refractivity contribution in [3.8, 4) is 0 Å². The molecule has 0 atom stereocenters. The molecule has 0 rings (SSSR count). The molecule has 0 heterocycles. The zero-order valence-corrected chi connectivity index (χ0v) is 18.3. The minimum Gasteiger partial charge on any atom is -0.726 e. The van der Waals surface area contributed by atoms with Crippen LogP contribution in [0, 0.1) is 0 Å². The van der Waals surface area contributed by atoms with Gasteiger partial charge in [-0.1, -0.05) is 64.7 Å². The van der Waals surface area contributed by atoms with Gasteiger partial charge in [-0.3, -0.25) is 4.18 Å². The monoisotopic (exact) mass is 352 g/mol. The van der Waals surface area contributed by atoms with Crippen LogP contribution in [0.5, 0.6) is 0 Å². The molecule has 0 amide bonds. The van der Waals surface area contributed by atoms with Crippen molar-refractivity contribution < 1.29 is 66.2 Å². The number of hydrogen-bond donors (Lipinski definition) is 0. The first kappa shape index (κ1) is 25.4. The van der Waals surface area contributed by atoms with Crippen LogP contribution in [-0.4, -0.2) is 19.6 Å². The summed E-state index contributed by atoms with van der Waals surface area (Å²) in [5.74, 6) is 0. The van der Waals surface area contributed by atoms with Gasteiger partial charge in [-0.2, -0.15) is 0 Å². The van der Waals surface area contributed by atoms with Gasteiger partial charge in [-0.15, -0.1) is 0 Å². The number of rotatable bonds is 12. The molecule has 0 radical (unpaired) electrons. The predicted octanol–water partition coefficient (Wildman–Crippen LogP) is 0.386. The predicted molar refractivity (Wildman–Crippen MR) is 67.5 cm³/mol. The Kier molecular flexibility index (Phi) is 23.5. The SMILES string of the molecule is CCCCCCCCCCCCOS(=O)(=O)[O-].[Na+].[Zn]. The van der Waals surface area contributed by atoms with Gasteiger partial charge in [0, 0.05) is 19.5 Å². The van der Waals surface area contributed by atoms with E-state index in [-0.39, 0.29) is 55.6 Å². The second kappa shape index (κ2) is 17.5. The molecule has 4 nitrogen and oxygen atoms in total. The minimum absolute atomic E-state index is 0. The molecule has 0 spiro atoms. The molecule has 0 bridgehead atoms. The topological polar surface area (TPSA) is 66.4 Å². The summed E-state index contributed by atoms with van der Waals surface area (Å²) in [7, 11) is -4.48. The van der Waals surface area contributed by atoms with Crippen LogP contribution in [-0.2, 0) is 34.1 Å².